The molecule has 0 aromatic heterocycles. The molecular formula is C75H133NO13. The second kappa shape index (κ2) is 59.0. The van der Waals surface area contributed by atoms with Crippen LogP contribution < -0.4 is 5.32 Å². The number of ether oxygens (including phenoxy) is 4. The van der Waals surface area contributed by atoms with Gasteiger partial charge in [0.05, 0.1) is 32.0 Å². The number of aliphatic hydroxyl groups excluding tert-OH is 8. The Morgan fingerprint density at radius 3 is 1.24 bits per heavy atom. The molecule has 89 heavy (non-hydrogen) atoms. The molecule has 14 nitrogen and oxygen atoms in total. The molecule has 2 fully saturated rings. The number of aliphatic hydroxyl groups is 8. The van der Waals surface area contributed by atoms with Crippen molar-refractivity contribution in [1.82, 2.24) is 5.32 Å². The van der Waals surface area contributed by atoms with Crippen LogP contribution in [0, 0.1) is 0 Å². The minimum Gasteiger partial charge on any atom is -0.394 e. The van der Waals surface area contributed by atoms with Gasteiger partial charge in [-0.3, -0.25) is 4.79 Å². The summed E-state index contributed by atoms with van der Waals surface area (Å²) in [5.74, 6) is -0.251. The molecule has 0 bridgehead atoms. The van der Waals surface area contributed by atoms with Gasteiger partial charge in [0, 0.05) is 6.42 Å². The molecule has 2 aliphatic heterocycles. The minimum absolute atomic E-state index is 0.251. The number of unbranched alkanes of at least 4 members (excludes halogenated alkanes) is 34. The fourth-order valence-corrected chi connectivity index (χ4v) is 11.6. The highest BCUT2D eigenvalue weighted by molar-refractivity contribution is 5.76. The number of amides is 1. The minimum atomic E-state index is -1.79. The number of rotatable bonds is 59. The van der Waals surface area contributed by atoms with E-state index in [9.17, 15) is 45.6 Å². The first-order valence-electron chi connectivity index (χ1n) is 36.3. The Labute approximate surface area is 541 Å². The Kier molecular flexibility index (Phi) is 54.5. The first kappa shape index (κ1) is 82.3. The van der Waals surface area contributed by atoms with Gasteiger partial charge in [-0.05, 0) is 83.5 Å². The van der Waals surface area contributed by atoms with Crippen molar-refractivity contribution in [2.75, 3.05) is 19.8 Å². The summed E-state index contributed by atoms with van der Waals surface area (Å²) in [6.07, 6.45) is 65.1. The van der Waals surface area contributed by atoms with E-state index in [0.717, 1.165) is 70.6 Å². The molecule has 0 spiro atoms. The highest BCUT2D eigenvalue weighted by atomic mass is 16.7. The Balaban J connectivity index is 1.64. The molecule has 0 aliphatic carbocycles. The van der Waals surface area contributed by atoms with Gasteiger partial charge in [-0.25, -0.2) is 0 Å². The summed E-state index contributed by atoms with van der Waals surface area (Å²) in [7, 11) is 0. The first-order chi connectivity index (χ1) is 43.6. The summed E-state index contributed by atoms with van der Waals surface area (Å²) >= 11 is 0. The van der Waals surface area contributed by atoms with E-state index in [1.807, 2.05) is 6.08 Å². The van der Waals surface area contributed by atoms with Gasteiger partial charge in [0.25, 0.3) is 0 Å². The summed E-state index contributed by atoms with van der Waals surface area (Å²) in [5.41, 5.74) is 0. The van der Waals surface area contributed by atoms with Crippen molar-refractivity contribution in [3.05, 3.63) is 85.1 Å². The van der Waals surface area contributed by atoms with E-state index in [-0.39, 0.29) is 18.9 Å². The van der Waals surface area contributed by atoms with Crippen molar-refractivity contribution in [3.8, 4) is 0 Å². The van der Waals surface area contributed by atoms with Gasteiger partial charge >= 0.3 is 0 Å². The second-order valence-electron chi connectivity index (χ2n) is 25.3. The lowest BCUT2D eigenvalue weighted by Gasteiger charge is -2.46. The molecule has 0 saturated carbocycles. The van der Waals surface area contributed by atoms with Crippen molar-refractivity contribution < 1.29 is 64.6 Å². The number of carbonyl (C=O) groups excluding carboxylic acids is 1. The van der Waals surface area contributed by atoms with Gasteiger partial charge in [0.2, 0.25) is 5.91 Å². The Hall–Kier alpha value is -2.83. The summed E-state index contributed by atoms with van der Waals surface area (Å²) in [4.78, 5) is 13.3. The zero-order valence-corrected chi connectivity index (χ0v) is 56.2. The maximum Gasteiger partial charge on any atom is 0.220 e. The topological polar surface area (TPSA) is 228 Å². The third kappa shape index (κ3) is 42.9. The first-order valence-corrected chi connectivity index (χ1v) is 36.3. The quantitative estimate of drug-likeness (QED) is 0.0204. The molecule has 1 amide bonds. The molecule has 516 valence electrons. The van der Waals surface area contributed by atoms with Crippen molar-refractivity contribution in [1.29, 1.82) is 0 Å². The summed E-state index contributed by atoms with van der Waals surface area (Å²) < 4.78 is 22.8. The van der Waals surface area contributed by atoms with Crippen LogP contribution in [0.3, 0.4) is 0 Å². The van der Waals surface area contributed by atoms with Crippen molar-refractivity contribution in [2.45, 2.75) is 364 Å². The smallest absolute Gasteiger partial charge is 0.220 e. The normalized spacial score (nSPS) is 23.5. The lowest BCUT2D eigenvalue weighted by molar-refractivity contribution is -0.359. The number of hydrogen-bond donors (Lipinski definition) is 9. The lowest BCUT2D eigenvalue weighted by Crippen LogP contribution is -2.65. The van der Waals surface area contributed by atoms with Crippen LogP contribution >= 0.6 is 0 Å². The van der Waals surface area contributed by atoms with Crippen LogP contribution in [0.5, 0.6) is 0 Å². The zero-order valence-electron chi connectivity index (χ0n) is 56.2. The molecule has 12 atom stereocenters. The Morgan fingerprint density at radius 1 is 0.416 bits per heavy atom. The average molecular weight is 1260 g/mol. The van der Waals surface area contributed by atoms with Crippen LogP contribution in [0.2, 0.25) is 0 Å². The van der Waals surface area contributed by atoms with Crippen LogP contribution in [0.15, 0.2) is 85.1 Å². The molecule has 12 unspecified atom stereocenters. The molecule has 14 heteroatoms. The largest absolute Gasteiger partial charge is 0.394 e. The maximum atomic E-state index is 13.3. The van der Waals surface area contributed by atoms with Crippen molar-refractivity contribution in [2.24, 2.45) is 0 Å². The lowest BCUT2D eigenvalue weighted by atomic mass is 9.97. The number of hydrogen-bond acceptors (Lipinski definition) is 13. The predicted molar refractivity (Wildman–Crippen MR) is 364 cm³/mol. The molecule has 9 N–H and O–H groups in total. The van der Waals surface area contributed by atoms with Crippen LogP contribution in [-0.2, 0) is 23.7 Å². The predicted octanol–water partition coefficient (Wildman–Crippen LogP) is 15.2. The van der Waals surface area contributed by atoms with Gasteiger partial charge in [-0.1, -0.05) is 285 Å². The molecule has 2 rings (SSSR count). The van der Waals surface area contributed by atoms with E-state index in [1.54, 1.807) is 6.08 Å². The monoisotopic (exact) mass is 1260 g/mol. The molecular weight excluding hydrogens is 1120 g/mol. The SMILES string of the molecule is CC/C=C\C/C=C\C/C=C\C/C=C\CCCCCCCCCCCCCCCCCCCCCCCCC(=O)NC(COC1OC(CO)C(OC2OC(CO)C(O)C(O)C2O)C(O)C1O)C(O)/C=C/CC/C=C/CC/C=C/CCCCCCCCCCCC. The summed E-state index contributed by atoms with van der Waals surface area (Å²) in [6.45, 7) is 2.69. The van der Waals surface area contributed by atoms with Gasteiger partial charge in [-0.15, -0.1) is 0 Å². The fraction of sp³-hybridized carbons (Fsp3) is 0.800. The van der Waals surface area contributed by atoms with Crippen molar-refractivity contribution >= 4 is 5.91 Å². The summed E-state index contributed by atoms with van der Waals surface area (Å²) in [5, 5.41) is 87.4. The van der Waals surface area contributed by atoms with Crippen LogP contribution in [0.4, 0.5) is 0 Å². The molecule has 2 heterocycles. The van der Waals surface area contributed by atoms with E-state index in [4.69, 9.17) is 18.9 Å². The highest BCUT2D eigenvalue weighted by Gasteiger charge is 2.51. The second-order valence-corrected chi connectivity index (χ2v) is 25.3. The van der Waals surface area contributed by atoms with Crippen LogP contribution in [0.1, 0.15) is 290 Å². The van der Waals surface area contributed by atoms with E-state index >= 15 is 0 Å². The highest BCUT2D eigenvalue weighted by Crippen LogP contribution is 2.30. The number of nitrogens with one attached hydrogen (secondary N) is 1. The number of carbonyl (C=O) groups is 1. The van der Waals surface area contributed by atoms with Gasteiger partial charge in [0.15, 0.2) is 12.6 Å². The van der Waals surface area contributed by atoms with Gasteiger partial charge < -0.3 is 65.1 Å². The third-order valence-electron chi connectivity index (χ3n) is 17.3. The Morgan fingerprint density at radius 2 is 0.787 bits per heavy atom. The Bertz CT molecular complexity index is 1820. The number of allylic oxidation sites excluding steroid dienone is 13. The van der Waals surface area contributed by atoms with E-state index in [2.05, 4.69) is 92.1 Å². The van der Waals surface area contributed by atoms with Crippen LogP contribution in [0.25, 0.3) is 0 Å². The molecule has 2 saturated heterocycles. The standard InChI is InChI=1S/C75H133NO13/c1-3-5-7-9-11-13-15-17-19-21-23-25-26-27-28-29-30-31-32-33-34-35-36-37-38-39-41-43-45-47-49-51-53-55-57-59-67(80)76-63(64(79)58-56-54-52-50-48-46-44-42-40-24-22-20-18-16-14-12-10-8-6-4-2)62-86-74-72(85)70(83)73(66(61-78)88-74)89-75-71(84)69(82)68(81)65(60-77)87-75/h5,7,11,13,17,19,23,25,40,42,48,50,56,58,63-66,68-75,77-79,81-85H,3-4,6,8-10,12,14-16,18,20-22,24,26-39,41,43-47,49,51-55,57,59-62H2,1-2H3,(H,76,80)/b7-5-,13-11-,19-17-,25-23-,42-40+,50-48+,58-56+. The average Bonchev–Trinajstić information content (AvgIpc) is 3.62. The fourth-order valence-electron chi connectivity index (χ4n) is 11.6. The van der Waals surface area contributed by atoms with E-state index in [0.29, 0.717) is 12.8 Å². The maximum absolute atomic E-state index is 13.3. The zero-order chi connectivity index (χ0) is 64.5. The van der Waals surface area contributed by atoms with Gasteiger partial charge in [0.1, 0.15) is 48.8 Å². The van der Waals surface area contributed by atoms with Crippen LogP contribution in [-0.4, -0.2) is 140 Å². The van der Waals surface area contributed by atoms with Crippen molar-refractivity contribution in [3.63, 3.8) is 0 Å². The molecule has 2 aliphatic rings. The molecule has 0 aromatic rings. The summed E-state index contributed by atoms with van der Waals surface area (Å²) in [6, 6.07) is -0.941. The molecule has 0 aromatic carbocycles. The third-order valence-corrected chi connectivity index (χ3v) is 17.3. The van der Waals surface area contributed by atoms with Gasteiger partial charge in [-0.2, -0.15) is 0 Å². The molecule has 0 radical (unpaired) electrons. The van der Waals surface area contributed by atoms with E-state index < -0.39 is 86.8 Å². The van der Waals surface area contributed by atoms with E-state index in [1.165, 1.54) is 186 Å².